The number of rotatable bonds is 6. The molecule has 2 N–H and O–H groups in total. The average Bonchev–Trinajstić information content (AvgIpc) is 2.96. The molecular weight excluding hydrogens is 306 g/mol. The highest BCUT2D eigenvalue weighted by Gasteiger charge is 2.09. The first-order valence-electron chi connectivity index (χ1n) is 6.14. The Morgan fingerprint density at radius 2 is 2.38 bits per heavy atom. The van der Waals surface area contributed by atoms with Gasteiger partial charge < -0.3 is 10.4 Å². The van der Waals surface area contributed by atoms with Gasteiger partial charge in [0.05, 0.1) is 16.3 Å². The van der Waals surface area contributed by atoms with E-state index in [4.69, 9.17) is 5.11 Å². The number of hydrogen-bond donors (Lipinski definition) is 2. The van der Waals surface area contributed by atoms with Crippen LogP contribution in [0.4, 0.5) is 5.69 Å². The lowest BCUT2D eigenvalue weighted by Gasteiger charge is -2.09. The fourth-order valence-electron chi connectivity index (χ4n) is 1.79. The van der Waals surface area contributed by atoms with E-state index in [1.807, 2.05) is 24.5 Å². The monoisotopic (exact) mass is 319 g/mol. The molecule has 108 valence electrons. The van der Waals surface area contributed by atoms with Crippen LogP contribution in [0.25, 0.3) is 0 Å². The lowest BCUT2D eigenvalue weighted by atomic mass is 10.2. The molecule has 0 atom stereocenters. The highest BCUT2D eigenvalue weighted by Crippen LogP contribution is 2.26. The van der Waals surface area contributed by atoms with Gasteiger partial charge >= 0.3 is 5.97 Å². The van der Waals surface area contributed by atoms with Crippen LogP contribution in [0, 0.1) is 11.3 Å². The zero-order valence-corrected chi connectivity index (χ0v) is 12.9. The molecule has 5 nitrogen and oxygen atoms in total. The van der Waals surface area contributed by atoms with E-state index in [1.54, 1.807) is 0 Å². The number of aromatic nitrogens is 1. The number of hydrogen-bond acceptors (Lipinski definition) is 6. The highest BCUT2D eigenvalue weighted by atomic mass is 32.2. The molecule has 1 aromatic carbocycles. The lowest BCUT2D eigenvalue weighted by Crippen LogP contribution is -2.07. The van der Waals surface area contributed by atoms with Gasteiger partial charge in [-0.1, -0.05) is 6.07 Å². The summed E-state index contributed by atoms with van der Waals surface area (Å²) in [6.07, 6.45) is 2.55. The van der Waals surface area contributed by atoms with Gasteiger partial charge in [0.2, 0.25) is 0 Å². The molecule has 0 bridgehead atoms. The molecule has 21 heavy (non-hydrogen) atoms. The lowest BCUT2D eigenvalue weighted by molar-refractivity contribution is 0.0691. The average molecular weight is 319 g/mol. The van der Waals surface area contributed by atoms with Crippen LogP contribution in [0.2, 0.25) is 0 Å². The third-order valence-electron chi connectivity index (χ3n) is 2.78. The molecule has 1 heterocycles. The Labute approximate surface area is 130 Å². The molecular formula is C14H13N3O2S2. The van der Waals surface area contributed by atoms with Gasteiger partial charge in [-0.15, -0.1) is 23.1 Å². The first-order chi connectivity index (χ1) is 10.2. The Morgan fingerprint density at radius 3 is 3.00 bits per heavy atom. The van der Waals surface area contributed by atoms with Crippen LogP contribution in [0.5, 0.6) is 0 Å². The second kappa shape index (κ2) is 7.11. The van der Waals surface area contributed by atoms with E-state index in [9.17, 15) is 10.1 Å². The van der Waals surface area contributed by atoms with Crippen molar-refractivity contribution in [3.63, 3.8) is 0 Å². The molecule has 0 spiro atoms. The second-order valence-corrected chi connectivity index (χ2v) is 5.89. The van der Waals surface area contributed by atoms with Crippen molar-refractivity contribution in [1.29, 1.82) is 5.26 Å². The Kier molecular flexibility index (Phi) is 5.20. The molecule has 0 amide bonds. The predicted molar refractivity (Wildman–Crippen MR) is 84.2 cm³/mol. The van der Waals surface area contributed by atoms with E-state index in [2.05, 4.69) is 16.4 Å². The van der Waals surface area contributed by atoms with Gasteiger partial charge in [0.15, 0.2) is 5.69 Å². The van der Waals surface area contributed by atoms with Crippen LogP contribution >= 0.6 is 23.1 Å². The standard InChI is InChI=1S/C14H13N3O2S2/c1-20-12-4-2-3-10(9(12)7-15)16-6-5-13-17-11(8-21-13)14(18)19/h2-4,8,16H,5-6H2,1H3,(H,18,19). The minimum atomic E-state index is -1.01. The number of benzene rings is 1. The van der Waals surface area contributed by atoms with Crippen LogP contribution < -0.4 is 5.32 Å². The molecule has 0 unspecified atom stereocenters. The fraction of sp³-hybridized carbons (Fsp3) is 0.214. The highest BCUT2D eigenvalue weighted by molar-refractivity contribution is 7.98. The first kappa shape index (κ1) is 15.4. The van der Waals surface area contributed by atoms with Gasteiger partial charge in [-0.05, 0) is 18.4 Å². The third-order valence-corrected chi connectivity index (χ3v) is 4.47. The quantitative estimate of drug-likeness (QED) is 0.796. The van der Waals surface area contributed by atoms with Gasteiger partial charge in [0.25, 0.3) is 0 Å². The zero-order chi connectivity index (χ0) is 15.2. The number of nitriles is 1. The molecule has 0 fully saturated rings. The number of aromatic carboxylic acids is 1. The van der Waals surface area contributed by atoms with Crippen LogP contribution in [0.3, 0.4) is 0 Å². The van der Waals surface area contributed by atoms with E-state index in [0.29, 0.717) is 18.5 Å². The number of carboxylic acids is 1. The topological polar surface area (TPSA) is 86.0 Å². The molecule has 0 radical (unpaired) electrons. The minimum absolute atomic E-state index is 0.0806. The largest absolute Gasteiger partial charge is 0.476 e. The van der Waals surface area contributed by atoms with Crippen molar-refractivity contribution in [1.82, 2.24) is 4.98 Å². The number of anilines is 1. The summed E-state index contributed by atoms with van der Waals surface area (Å²) < 4.78 is 0. The first-order valence-corrected chi connectivity index (χ1v) is 8.24. The summed E-state index contributed by atoms with van der Waals surface area (Å²) >= 11 is 2.86. The summed E-state index contributed by atoms with van der Waals surface area (Å²) in [5.74, 6) is -1.01. The summed E-state index contributed by atoms with van der Waals surface area (Å²) in [5.41, 5.74) is 1.51. The number of carbonyl (C=O) groups is 1. The Morgan fingerprint density at radius 1 is 1.57 bits per heavy atom. The van der Waals surface area contributed by atoms with Crippen molar-refractivity contribution < 1.29 is 9.90 Å². The summed E-state index contributed by atoms with van der Waals surface area (Å²) in [6.45, 7) is 0.596. The number of carboxylic acid groups (broad SMARTS) is 1. The number of nitrogens with zero attached hydrogens (tertiary/aromatic N) is 2. The van der Waals surface area contributed by atoms with E-state index >= 15 is 0 Å². The molecule has 0 aliphatic heterocycles. The van der Waals surface area contributed by atoms with Gasteiger partial charge in [-0.2, -0.15) is 5.26 Å². The van der Waals surface area contributed by atoms with E-state index in [0.717, 1.165) is 15.6 Å². The normalized spacial score (nSPS) is 10.1. The van der Waals surface area contributed by atoms with Crippen molar-refractivity contribution >= 4 is 34.8 Å². The Bertz CT molecular complexity index is 692. The van der Waals surface area contributed by atoms with Gasteiger partial charge in [-0.3, -0.25) is 0 Å². The number of thiazole rings is 1. The number of nitrogens with one attached hydrogen (secondary N) is 1. The fourth-order valence-corrected chi connectivity index (χ4v) is 3.14. The molecule has 0 saturated carbocycles. The Balaban J connectivity index is 2.00. The van der Waals surface area contributed by atoms with Gasteiger partial charge in [-0.25, -0.2) is 9.78 Å². The maximum atomic E-state index is 10.8. The van der Waals surface area contributed by atoms with Crippen LogP contribution in [-0.2, 0) is 6.42 Å². The third kappa shape index (κ3) is 3.74. The van der Waals surface area contributed by atoms with Crippen molar-refractivity contribution in [3.8, 4) is 6.07 Å². The predicted octanol–water partition coefficient (Wildman–Crippen LogP) is 3.09. The van der Waals surface area contributed by atoms with Crippen LogP contribution in [0.15, 0.2) is 28.5 Å². The van der Waals surface area contributed by atoms with Crippen LogP contribution in [-0.4, -0.2) is 28.9 Å². The summed E-state index contributed by atoms with van der Waals surface area (Å²) in [4.78, 5) is 15.7. The van der Waals surface area contributed by atoms with E-state index in [1.165, 1.54) is 28.5 Å². The smallest absolute Gasteiger partial charge is 0.355 e. The summed E-state index contributed by atoms with van der Waals surface area (Å²) in [6, 6.07) is 7.89. The maximum Gasteiger partial charge on any atom is 0.355 e. The summed E-state index contributed by atoms with van der Waals surface area (Å²) in [7, 11) is 0. The van der Waals surface area contributed by atoms with Crippen molar-refractivity contribution in [2.24, 2.45) is 0 Å². The minimum Gasteiger partial charge on any atom is -0.476 e. The van der Waals surface area contributed by atoms with Crippen molar-refractivity contribution in [3.05, 3.63) is 39.8 Å². The van der Waals surface area contributed by atoms with E-state index < -0.39 is 5.97 Å². The number of thioether (sulfide) groups is 1. The summed E-state index contributed by atoms with van der Waals surface area (Å²) in [5, 5.41) is 23.6. The molecule has 0 saturated heterocycles. The Hall–Kier alpha value is -2.04. The second-order valence-electron chi connectivity index (χ2n) is 4.10. The van der Waals surface area contributed by atoms with Gasteiger partial charge in [0.1, 0.15) is 6.07 Å². The SMILES string of the molecule is CSc1cccc(NCCc2nc(C(=O)O)cs2)c1C#N. The van der Waals surface area contributed by atoms with E-state index in [-0.39, 0.29) is 5.69 Å². The molecule has 0 aliphatic rings. The van der Waals surface area contributed by atoms with Crippen molar-refractivity contribution in [2.75, 3.05) is 18.1 Å². The maximum absolute atomic E-state index is 10.8. The molecule has 7 heteroatoms. The zero-order valence-electron chi connectivity index (χ0n) is 11.3. The van der Waals surface area contributed by atoms with Crippen LogP contribution in [0.1, 0.15) is 21.1 Å². The molecule has 1 aromatic heterocycles. The molecule has 2 rings (SSSR count). The molecule has 2 aromatic rings. The molecule has 0 aliphatic carbocycles. The van der Waals surface area contributed by atoms with Crippen molar-refractivity contribution in [2.45, 2.75) is 11.3 Å². The van der Waals surface area contributed by atoms with Gasteiger partial charge in [0, 0.05) is 23.2 Å².